The summed E-state index contributed by atoms with van der Waals surface area (Å²) in [6.07, 6.45) is -1.22. The molecular weight excluding hydrogens is 714 g/mol. The van der Waals surface area contributed by atoms with Gasteiger partial charge in [0.1, 0.15) is 6.15 Å². The monoisotopic (exact) mass is 758 g/mol. The van der Waals surface area contributed by atoms with Crippen molar-refractivity contribution in [1.29, 1.82) is 0 Å². The van der Waals surface area contributed by atoms with Gasteiger partial charge in [0.25, 0.3) is 0 Å². The van der Waals surface area contributed by atoms with Crippen molar-refractivity contribution < 1.29 is 0 Å². The molecule has 0 aliphatic carbocycles. The summed E-state index contributed by atoms with van der Waals surface area (Å²) in [6, 6.07) is 92.1. The molecule has 0 fully saturated rings. The summed E-state index contributed by atoms with van der Waals surface area (Å²) in [5, 5.41) is 8.02. The fourth-order valence-electron chi connectivity index (χ4n) is 8.79. The van der Waals surface area contributed by atoms with Crippen LogP contribution in [-0.4, -0.2) is 6.15 Å². The lowest BCUT2D eigenvalue weighted by molar-refractivity contribution is 1.66. The quantitative estimate of drug-likeness (QED) is 0.107. The minimum atomic E-state index is -1.22. The van der Waals surface area contributed by atoms with Gasteiger partial charge in [-0.15, -0.1) is 0 Å². The largest absolute Gasteiger partial charge is 0.195 e. The van der Waals surface area contributed by atoms with Crippen molar-refractivity contribution in [1.82, 2.24) is 0 Å². The van der Waals surface area contributed by atoms with Crippen molar-refractivity contribution in [3.63, 3.8) is 0 Å². The topological polar surface area (TPSA) is 0 Å². The number of hydrogen-bond donors (Lipinski definition) is 0. The van der Waals surface area contributed by atoms with Gasteiger partial charge >= 0.3 is 0 Å². The van der Waals surface area contributed by atoms with Crippen LogP contribution in [0.25, 0.3) is 43.8 Å². The van der Waals surface area contributed by atoms with Gasteiger partial charge in [0.2, 0.25) is 0 Å². The number of hydrogen-bond acceptors (Lipinski definition) is 0. The van der Waals surface area contributed by atoms with Crippen molar-refractivity contribution in [3.05, 3.63) is 255 Å². The standard InChI is InChI=1S/C32H23P.C24H20B/c1-3-11-29-23(7-1)9-5-13-31(29)25-15-19-27(20-16-25)33-28-21-17-26(18-22-28)32-14-6-10-24-8-2-4-12-30(24)32;1-5-13-21(14-6-1)25(22-15-7-2-8-16-22,23-17-9-3-10-18-23)24-19-11-4-12-20-24/h1-22,33H;1-20H/q;-1/p+1. The van der Waals surface area contributed by atoms with Crippen LogP contribution in [0.2, 0.25) is 0 Å². The van der Waals surface area contributed by atoms with Crippen LogP contribution in [0.3, 0.4) is 0 Å². The highest BCUT2D eigenvalue weighted by molar-refractivity contribution is 7.55. The van der Waals surface area contributed by atoms with E-state index in [1.807, 2.05) is 0 Å². The minimum absolute atomic E-state index is 0.0697. The minimum Gasteiger partial charge on any atom is -0.195 e. The molecule has 0 saturated carbocycles. The summed E-state index contributed by atoms with van der Waals surface area (Å²) in [7, 11) is 0.0697. The normalized spacial score (nSPS) is 11.2. The van der Waals surface area contributed by atoms with E-state index in [2.05, 4.69) is 255 Å². The molecule has 0 atom stereocenters. The van der Waals surface area contributed by atoms with E-state index in [-0.39, 0.29) is 8.58 Å². The lowest BCUT2D eigenvalue weighted by Gasteiger charge is -2.44. The van der Waals surface area contributed by atoms with Gasteiger partial charge in [0.15, 0.2) is 0 Å². The lowest BCUT2D eigenvalue weighted by Crippen LogP contribution is -2.74. The number of benzene rings is 10. The first-order valence-electron chi connectivity index (χ1n) is 20.2. The summed E-state index contributed by atoms with van der Waals surface area (Å²) in [5.74, 6) is 0. The molecule has 0 aromatic heterocycles. The van der Waals surface area contributed by atoms with Crippen LogP contribution in [0.5, 0.6) is 0 Å². The zero-order valence-corrected chi connectivity index (χ0v) is 33.6. The first-order chi connectivity index (χ1) is 28.8. The summed E-state index contributed by atoms with van der Waals surface area (Å²) >= 11 is 0. The number of rotatable bonds is 8. The maximum absolute atomic E-state index is 2.30. The van der Waals surface area contributed by atoms with E-state index in [4.69, 9.17) is 0 Å². The molecule has 0 amide bonds. The van der Waals surface area contributed by atoms with Crippen molar-refractivity contribution >= 4 is 68.7 Å². The second-order valence-corrected chi connectivity index (χ2v) is 16.6. The van der Waals surface area contributed by atoms with Gasteiger partial charge in [-0.2, -0.15) is 21.9 Å². The first kappa shape index (κ1) is 36.8. The van der Waals surface area contributed by atoms with Crippen LogP contribution >= 0.6 is 8.58 Å². The molecule has 276 valence electrons. The van der Waals surface area contributed by atoms with Crippen LogP contribution in [0.4, 0.5) is 0 Å². The van der Waals surface area contributed by atoms with E-state index in [1.165, 1.54) is 76.3 Å². The van der Waals surface area contributed by atoms with Gasteiger partial charge in [-0.1, -0.05) is 231 Å². The molecular formula is C56H44BP. The molecule has 0 heterocycles. The van der Waals surface area contributed by atoms with Crippen LogP contribution < -0.4 is 32.5 Å². The highest BCUT2D eigenvalue weighted by Crippen LogP contribution is 2.30. The third-order valence-corrected chi connectivity index (χ3v) is 13.0. The Morgan fingerprint density at radius 3 is 0.879 bits per heavy atom. The van der Waals surface area contributed by atoms with Gasteiger partial charge in [-0.3, -0.25) is 0 Å². The number of fused-ring (bicyclic) bond motifs is 2. The van der Waals surface area contributed by atoms with Crippen LogP contribution in [-0.2, 0) is 0 Å². The molecule has 0 bridgehead atoms. The molecule has 0 aliphatic rings. The highest BCUT2D eigenvalue weighted by Gasteiger charge is 2.31. The Morgan fingerprint density at radius 2 is 0.534 bits per heavy atom. The van der Waals surface area contributed by atoms with Crippen molar-refractivity contribution in [3.8, 4) is 22.3 Å². The summed E-state index contributed by atoms with van der Waals surface area (Å²) < 4.78 is 0. The van der Waals surface area contributed by atoms with E-state index in [0.29, 0.717) is 0 Å². The highest BCUT2D eigenvalue weighted by atomic mass is 31.1. The maximum Gasteiger partial charge on any atom is 0.108 e. The van der Waals surface area contributed by atoms with Crippen LogP contribution in [0.15, 0.2) is 255 Å². The second-order valence-electron chi connectivity index (χ2n) is 15.0. The van der Waals surface area contributed by atoms with E-state index in [0.717, 1.165) is 0 Å². The van der Waals surface area contributed by atoms with E-state index >= 15 is 0 Å². The smallest absolute Gasteiger partial charge is 0.108 e. The Hall–Kier alpha value is -6.79. The molecule has 2 heteroatoms. The zero-order chi connectivity index (χ0) is 39.0. The molecule has 10 rings (SSSR count). The molecule has 58 heavy (non-hydrogen) atoms. The predicted octanol–water partition coefficient (Wildman–Crippen LogP) is 10.8. The van der Waals surface area contributed by atoms with Gasteiger partial charge in [0.05, 0.1) is 19.2 Å². The Morgan fingerprint density at radius 1 is 0.241 bits per heavy atom. The van der Waals surface area contributed by atoms with Crippen molar-refractivity contribution in [2.45, 2.75) is 0 Å². The van der Waals surface area contributed by atoms with Crippen LogP contribution in [0.1, 0.15) is 0 Å². The molecule has 0 radical (unpaired) electrons. The average Bonchev–Trinajstić information content (AvgIpc) is 3.31. The van der Waals surface area contributed by atoms with Crippen molar-refractivity contribution in [2.24, 2.45) is 0 Å². The van der Waals surface area contributed by atoms with Crippen LogP contribution in [0, 0.1) is 0 Å². The summed E-state index contributed by atoms with van der Waals surface area (Å²) in [4.78, 5) is 0. The average molecular weight is 759 g/mol. The second kappa shape index (κ2) is 17.1. The fraction of sp³-hybridized carbons (Fsp3) is 0. The third-order valence-electron chi connectivity index (χ3n) is 11.6. The molecule has 0 nitrogen and oxygen atoms in total. The molecule has 0 unspecified atom stereocenters. The Balaban J connectivity index is 0.000000156. The Kier molecular flexibility index (Phi) is 10.9. The lowest BCUT2D eigenvalue weighted by atomic mass is 9.13. The van der Waals surface area contributed by atoms with E-state index in [1.54, 1.807) is 0 Å². The van der Waals surface area contributed by atoms with Gasteiger partial charge in [0, 0.05) is 0 Å². The van der Waals surface area contributed by atoms with Crippen molar-refractivity contribution in [2.75, 3.05) is 0 Å². The summed E-state index contributed by atoms with van der Waals surface area (Å²) in [6.45, 7) is 0. The third kappa shape index (κ3) is 7.54. The first-order valence-corrected chi connectivity index (χ1v) is 21.3. The fourth-order valence-corrected chi connectivity index (χ4v) is 9.94. The Labute approximate surface area is 344 Å². The van der Waals surface area contributed by atoms with E-state index in [9.17, 15) is 0 Å². The zero-order valence-electron chi connectivity index (χ0n) is 32.4. The SMILES string of the molecule is c1ccc([B-](c2ccccc2)(c2ccccc2)c2ccccc2)cc1.c1ccc2c(-c3ccc([PH2+]c4ccc(-c5cccc6ccccc56)cc4)cc3)cccc2c1. The molecule has 0 saturated heterocycles. The molecule has 10 aromatic rings. The predicted molar refractivity (Wildman–Crippen MR) is 258 cm³/mol. The molecule has 0 N–H and O–H groups in total. The van der Waals surface area contributed by atoms with E-state index < -0.39 is 6.15 Å². The maximum atomic E-state index is 2.30. The van der Waals surface area contributed by atoms with Gasteiger partial charge in [-0.05, 0) is 68.1 Å². The Bertz CT molecular complexity index is 2580. The molecule has 0 spiro atoms. The molecule has 10 aromatic carbocycles. The summed E-state index contributed by atoms with van der Waals surface area (Å²) in [5.41, 5.74) is 10.5. The van der Waals surface area contributed by atoms with Gasteiger partial charge in [-0.25, -0.2) is 0 Å². The molecule has 0 aliphatic heterocycles. The van der Waals surface area contributed by atoms with Gasteiger partial charge < -0.3 is 0 Å².